The first-order valence-corrected chi connectivity index (χ1v) is 11.0. The molecule has 1 N–H and O–H groups in total. The minimum Gasteiger partial charge on any atom is -0.298 e. The maximum atomic E-state index is 14.2. The fourth-order valence-electron chi connectivity index (χ4n) is 2.80. The molecule has 6 nitrogen and oxygen atoms in total. The van der Waals surface area contributed by atoms with Crippen LogP contribution < -0.4 is 5.32 Å². The molecule has 0 saturated heterocycles. The van der Waals surface area contributed by atoms with Gasteiger partial charge in [0.1, 0.15) is 5.82 Å². The van der Waals surface area contributed by atoms with Crippen molar-refractivity contribution >= 4 is 42.6 Å². The van der Waals surface area contributed by atoms with Crippen molar-refractivity contribution in [1.82, 2.24) is 9.29 Å². The number of sulfonamides is 1. The van der Waals surface area contributed by atoms with E-state index in [-0.39, 0.29) is 23.5 Å². The Balaban J connectivity index is 1.92. The van der Waals surface area contributed by atoms with Crippen LogP contribution in [0.15, 0.2) is 41.3 Å². The summed E-state index contributed by atoms with van der Waals surface area (Å²) in [5, 5.41) is 2.89. The maximum absolute atomic E-state index is 14.2. The van der Waals surface area contributed by atoms with Gasteiger partial charge in [-0.15, -0.1) is 0 Å². The van der Waals surface area contributed by atoms with Crippen LogP contribution in [-0.4, -0.2) is 36.7 Å². The van der Waals surface area contributed by atoms with Crippen LogP contribution in [0.3, 0.4) is 0 Å². The molecule has 0 aliphatic carbocycles. The Bertz CT molecular complexity index is 1140. The van der Waals surface area contributed by atoms with Crippen LogP contribution in [0.1, 0.15) is 29.8 Å². The van der Waals surface area contributed by atoms with E-state index in [1.54, 1.807) is 13.8 Å². The molecular formula is C19H20FN3O3S2. The summed E-state index contributed by atoms with van der Waals surface area (Å²) in [6, 6.07) is 8.92. The van der Waals surface area contributed by atoms with Gasteiger partial charge < -0.3 is 0 Å². The highest BCUT2D eigenvalue weighted by atomic mass is 32.2. The number of aromatic nitrogens is 1. The standard InChI is InChI=1S/C19H20FN3O3S2/c1-4-23(5-2)28(25,26)13-7-8-15(20)14(11-13)18(24)22-19-21-16-9-6-12(3)10-17(16)27-19/h6-11H,4-5H2,1-3H3,(H,21,22,24). The zero-order chi connectivity index (χ0) is 20.5. The second-order valence-electron chi connectivity index (χ2n) is 6.18. The highest BCUT2D eigenvalue weighted by Gasteiger charge is 2.24. The smallest absolute Gasteiger partial charge is 0.260 e. The van der Waals surface area contributed by atoms with E-state index in [1.165, 1.54) is 21.7 Å². The lowest BCUT2D eigenvalue weighted by atomic mass is 10.2. The van der Waals surface area contributed by atoms with Crippen LogP contribution in [0, 0.1) is 12.7 Å². The Kier molecular flexibility index (Phi) is 5.78. The molecule has 148 valence electrons. The Labute approximate surface area is 167 Å². The van der Waals surface area contributed by atoms with Crippen molar-refractivity contribution in [2.75, 3.05) is 18.4 Å². The number of amides is 1. The molecule has 1 heterocycles. The molecule has 3 aromatic rings. The summed E-state index contributed by atoms with van der Waals surface area (Å²) in [6.07, 6.45) is 0. The molecule has 3 rings (SSSR count). The van der Waals surface area contributed by atoms with Crippen molar-refractivity contribution in [3.05, 3.63) is 53.3 Å². The van der Waals surface area contributed by atoms with E-state index >= 15 is 0 Å². The highest BCUT2D eigenvalue weighted by molar-refractivity contribution is 7.89. The minimum absolute atomic E-state index is 0.123. The lowest BCUT2D eigenvalue weighted by Crippen LogP contribution is -2.31. The van der Waals surface area contributed by atoms with Crippen LogP contribution in [0.25, 0.3) is 10.2 Å². The Morgan fingerprint density at radius 3 is 2.57 bits per heavy atom. The molecule has 9 heteroatoms. The van der Waals surface area contributed by atoms with Crippen LogP contribution in [0.5, 0.6) is 0 Å². The van der Waals surface area contributed by atoms with Gasteiger partial charge in [-0.05, 0) is 42.8 Å². The van der Waals surface area contributed by atoms with E-state index in [9.17, 15) is 17.6 Å². The van der Waals surface area contributed by atoms with E-state index < -0.39 is 21.7 Å². The van der Waals surface area contributed by atoms with Gasteiger partial charge in [-0.2, -0.15) is 4.31 Å². The number of hydrogen-bond acceptors (Lipinski definition) is 5. The van der Waals surface area contributed by atoms with Gasteiger partial charge in [0.15, 0.2) is 5.13 Å². The van der Waals surface area contributed by atoms with Gasteiger partial charge in [0.05, 0.1) is 20.7 Å². The fourth-order valence-corrected chi connectivity index (χ4v) is 5.25. The molecule has 0 aliphatic heterocycles. The molecule has 28 heavy (non-hydrogen) atoms. The lowest BCUT2D eigenvalue weighted by molar-refractivity contribution is 0.102. The van der Waals surface area contributed by atoms with Crippen molar-refractivity contribution in [2.24, 2.45) is 0 Å². The summed E-state index contributed by atoms with van der Waals surface area (Å²) in [5.74, 6) is -1.54. The molecule has 1 amide bonds. The Morgan fingerprint density at radius 2 is 1.89 bits per heavy atom. The number of nitrogens with zero attached hydrogens (tertiary/aromatic N) is 2. The van der Waals surface area contributed by atoms with Crippen LogP contribution in [-0.2, 0) is 10.0 Å². The molecule has 2 aromatic carbocycles. The molecule has 0 bridgehead atoms. The molecule has 0 unspecified atom stereocenters. The predicted octanol–water partition coefficient (Wildman–Crippen LogP) is 4.03. The molecule has 0 atom stereocenters. The second kappa shape index (κ2) is 7.94. The Hall–Kier alpha value is -2.36. The summed E-state index contributed by atoms with van der Waals surface area (Å²) < 4.78 is 41.7. The molecule has 0 spiro atoms. The number of rotatable bonds is 6. The first kappa shape index (κ1) is 20.4. The number of aryl methyl sites for hydroxylation is 1. The van der Waals surface area contributed by atoms with Crippen molar-refractivity contribution in [2.45, 2.75) is 25.7 Å². The summed E-state index contributed by atoms with van der Waals surface area (Å²) >= 11 is 1.27. The molecule has 1 aromatic heterocycles. The topological polar surface area (TPSA) is 79.4 Å². The molecule has 0 radical (unpaired) electrons. The van der Waals surface area contributed by atoms with E-state index in [1.807, 2.05) is 25.1 Å². The number of hydrogen-bond donors (Lipinski definition) is 1. The van der Waals surface area contributed by atoms with Gasteiger partial charge in [0.2, 0.25) is 10.0 Å². The monoisotopic (exact) mass is 421 g/mol. The van der Waals surface area contributed by atoms with Crippen LogP contribution in [0.2, 0.25) is 0 Å². The zero-order valence-electron chi connectivity index (χ0n) is 15.7. The van der Waals surface area contributed by atoms with Crippen molar-refractivity contribution in [1.29, 1.82) is 0 Å². The fraction of sp³-hybridized carbons (Fsp3) is 0.263. The first-order valence-electron chi connectivity index (χ1n) is 8.74. The van der Waals surface area contributed by atoms with Crippen LogP contribution >= 0.6 is 11.3 Å². The number of nitrogens with one attached hydrogen (secondary N) is 1. The van der Waals surface area contributed by atoms with Crippen molar-refractivity contribution in [3.63, 3.8) is 0 Å². The lowest BCUT2D eigenvalue weighted by Gasteiger charge is -2.18. The van der Waals surface area contributed by atoms with Gasteiger partial charge in [0.25, 0.3) is 5.91 Å². The van der Waals surface area contributed by atoms with E-state index in [0.717, 1.165) is 27.9 Å². The van der Waals surface area contributed by atoms with Gasteiger partial charge in [-0.1, -0.05) is 31.3 Å². The van der Waals surface area contributed by atoms with Crippen molar-refractivity contribution in [3.8, 4) is 0 Å². The van der Waals surface area contributed by atoms with E-state index in [4.69, 9.17) is 0 Å². The third-order valence-corrected chi connectivity index (χ3v) is 7.27. The minimum atomic E-state index is -3.80. The predicted molar refractivity (Wildman–Crippen MR) is 109 cm³/mol. The summed E-state index contributed by atoms with van der Waals surface area (Å²) in [6.45, 7) is 5.94. The van der Waals surface area contributed by atoms with Gasteiger partial charge >= 0.3 is 0 Å². The van der Waals surface area contributed by atoms with E-state index in [2.05, 4.69) is 10.3 Å². The van der Waals surface area contributed by atoms with Crippen LogP contribution in [0.4, 0.5) is 9.52 Å². The quantitative estimate of drug-likeness (QED) is 0.652. The number of thiazole rings is 1. The average Bonchev–Trinajstić information content (AvgIpc) is 3.03. The number of fused-ring (bicyclic) bond motifs is 1. The molecule has 0 fully saturated rings. The molecule has 0 aliphatic rings. The third-order valence-electron chi connectivity index (χ3n) is 4.29. The van der Waals surface area contributed by atoms with Gasteiger partial charge in [-0.25, -0.2) is 17.8 Å². The number of benzene rings is 2. The first-order chi connectivity index (χ1) is 13.3. The normalized spacial score (nSPS) is 11.9. The highest BCUT2D eigenvalue weighted by Crippen LogP contribution is 2.27. The summed E-state index contributed by atoms with van der Waals surface area (Å²) in [5.41, 5.74) is 1.45. The maximum Gasteiger partial charge on any atom is 0.260 e. The number of anilines is 1. The second-order valence-corrected chi connectivity index (χ2v) is 9.14. The number of carbonyl (C=O) groups excluding carboxylic acids is 1. The number of halogens is 1. The largest absolute Gasteiger partial charge is 0.298 e. The SMILES string of the molecule is CCN(CC)S(=O)(=O)c1ccc(F)c(C(=O)Nc2nc3ccc(C)cc3s2)c1. The Morgan fingerprint density at radius 1 is 1.18 bits per heavy atom. The van der Waals surface area contributed by atoms with Gasteiger partial charge in [-0.3, -0.25) is 10.1 Å². The third kappa shape index (κ3) is 3.91. The van der Waals surface area contributed by atoms with Gasteiger partial charge in [0, 0.05) is 13.1 Å². The molecule has 0 saturated carbocycles. The zero-order valence-corrected chi connectivity index (χ0v) is 17.3. The summed E-state index contributed by atoms with van der Waals surface area (Å²) in [7, 11) is -3.80. The summed E-state index contributed by atoms with van der Waals surface area (Å²) in [4.78, 5) is 16.8. The molecular weight excluding hydrogens is 401 g/mol. The van der Waals surface area contributed by atoms with Crippen molar-refractivity contribution < 1.29 is 17.6 Å². The average molecular weight is 422 g/mol. The number of carbonyl (C=O) groups is 1. The van der Waals surface area contributed by atoms with E-state index in [0.29, 0.717) is 5.13 Å².